The van der Waals surface area contributed by atoms with Crippen LogP contribution in [0.5, 0.6) is 0 Å². The Morgan fingerprint density at radius 3 is 2.54 bits per heavy atom. The molecule has 1 aromatic heterocycles. The van der Waals surface area contributed by atoms with Crippen LogP contribution in [-0.2, 0) is 32.2 Å². The summed E-state index contributed by atoms with van der Waals surface area (Å²) in [6.07, 6.45) is 1.07. The van der Waals surface area contributed by atoms with Crippen LogP contribution in [0.1, 0.15) is 54.8 Å². The van der Waals surface area contributed by atoms with Crippen molar-refractivity contribution < 1.29 is 29.3 Å². The van der Waals surface area contributed by atoms with Crippen molar-refractivity contribution in [1.29, 1.82) is 0 Å². The van der Waals surface area contributed by atoms with E-state index >= 15 is 0 Å². The van der Waals surface area contributed by atoms with E-state index in [1.165, 1.54) is 0 Å². The monoisotopic (exact) mass is 547 g/mol. The predicted molar refractivity (Wildman–Crippen MR) is 137 cm³/mol. The second-order valence-electron chi connectivity index (χ2n) is 8.75. The normalized spacial score (nSPS) is 19.5. The molecule has 3 atom stereocenters. The number of anilines is 1. The van der Waals surface area contributed by atoms with E-state index in [9.17, 15) is 14.7 Å². The molecule has 0 aliphatic carbocycles. The van der Waals surface area contributed by atoms with Crippen molar-refractivity contribution in [2.45, 2.75) is 57.3 Å². The molecule has 4 rings (SSSR count). The second-order valence-corrected chi connectivity index (χ2v) is 9.47. The second kappa shape index (κ2) is 12.5. The number of hydrogen-bond donors (Lipinski definition) is 3. The van der Waals surface area contributed by atoms with Crippen molar-refractivity contribution in [3.8, 4) is 0 Å². The number of halogens is 2. The van der Waals surface area contributed by atoms with Gasteiger partial charge >= 0.3 is 5.97 Å². The van der Waals surface area contributed by atoms with Crippen molar-refractivity contribution in [3.05, 3.63) is 81.9 Å². The van der Waals surface area contributed by atoms with Gasteiger partial charge in [0.2, 0.25) is 5.91 Å². The number of carbonyl (C=O) groups is 2. The lowest BCUT2D eigenvalue weighted by molar-refractivity contribution is -0.252. The fourth-order valence-corrected chi connectivity index (χ4v) is 4.42. The number of ether oxygens (including phenoxy) is 2. The summed E-state index contributed by atoms with van der Waals surface area (Å²) in [5, 5.41) is 21.5. The Labute approximate surface area is 223 Å². The molecule has 0 radical (unpaired) electrons. The van der Waals surface area contributed by atoms with Gasteiger partial charge in [0.15, 0.2) is 11.4 Å². The van der Waals surface area contributed by atoms with Gasteiger partial charge in [-0.3, -0.25) is 9.59 Å². The van der Waals surface area contributed by atoms with Crippen molar-refractivity contribution in [2.24, 2.45) is 0 Å². The molecule has 11 heteroatoms. The molecule has 0 saturated carbocycles. The number of aliphatic carboxylic acids is 1. The summed E-state index contributed by atoms with van der Waals surface area (Å²) in [5.74, 6) is -1.20. The van der Waals surface area contributed by atoms with Gasteiger partial charge in [-0.05, 0) is 29.7 Å². The van der Waals surface area contributed by atoms with E-state index in [0.29, 0.717) is 29.4 Å². The van der Waals surface area contributed by atoms with Crippen LogP contribution >= 0.6 is 23.2 Å². The minimum Gasteiger partial charge on any atom is -0.481 e. The fraction of sp³-hybridized carbons (Fsp3) is 0.346. The van der Waals surface area contributed by atoms with Crippen LogP contribution in [0.25, 0.3) is 0 Å². The lowest BCUT2D eigenvalue weighted by Gasteiger charge is -2.36. The van der Waals surface area contributed by atoms with Gasteiger partial charge in [0.1, 0.15) is 5.15 Å². The molecule has 37 heavy (non-hydrogen) atoms. The van der Waals surface area contributed by atoms with E-state index in [1.54, 1.807) is 29.1 Å². The van der Waals surface area contributed by atoms with Gasteiger partial charge < -0.3 is 29.6 Å². The number of aliphatic hydroxyl groups is 1. The Morgan fingerprint density at radius 2 is 1.86 bits per heavy atom. The van der Waals surface area contributed by atoms with Gasteiger partial charge in [-0.15, -0.1) is 0 Å². The molecule has 1 aliphatic rings. The third kappa shape index (κ3) is 7.30. The van der Waals surface area contributed by atoms with E-state index in [0.717, 1.165) is 11.1 Å². The summed E-state index contributed by atoms with van der Waals surface area (Å²) in [4.78, 5) is 27.0. The number of nitrogens with zero attached hydrogens (tertiary/aromatic N) is 2. The van der Waals surface area contributed by atoms with Gasteiger partial charge in [0.05, 0.1) is 31.7 Å². The maximum absolute atomic E-state index is 12.2. The predicted octanol–water partition coefficient (Wildman–Crippen LogP) is 5.12. The van der Waals surface area contributed by atoms with Crippen LogP contribution in [0.3, 0.4) is 0 Å². The molecule has 3 N–H and O–H groups in total. The zero-order valence-corrected chi connectivity index (χ0v) is 21.4. The highest BCUT2D eigenvalue weighted by Crippen LogP contribution is 2.39. The molecule has 2 aromatic carbocycles. The molecular weight excluding hydrogens is 521 g/mol. The first-order valence-electron chi connectivity index (χ1n) is 11.8. The number of rotatable bonds is 10. The summed E-state index contributed by atoms with van der Waals surface area (Å²) in [7, 11) is 0. The Balaban J connectivity index is 1.52. The lowest BCUT2D eigenvalue weighted by Crippen LogP contribution is -2.32. The first-order valence-corrected chi connectivity index (χ1v) is 12.6. The smallest absolute Gasteiger partial charge is 0.303 e. The average molecular weight is 548 g/mol. The Hall–Kier alpha value is -2.95. The van der Waals surface area contributed by atoms with Crippen LogP contribution in [0.2, 0.25) is 10.3 Å². The number of aromatic nitrogens is 2. The van der Waals surface area contributed by atoms with Gasteiger partial charge in [0, 0.05) is 30.5 Å². The number of benzene rings is 2. The molecule has 1 saturated heterocycles. The van der Waals surface area contributed by atoms with Gasteiger partial charge in [-0.25, -0.2) is 4.98 Å². The summed E-state index contributed by atoms with van der Waals surface area (Å²) >= 11 is 12.3. The Morgan fingerprint density at radius 1 is 1.08 bits per heavy atom. The van der Waals surface area contributed by atoms with E-state index in [1.807, 2.05) is 30.3 Å². The van der Waals surface area contributed by atoms with Crippen LogP contribution in [0.15, 0.2) is 54.9 Å². The molecular formula is C26H27Cl2N3O6. The quantitative estimate of drug-likeness (QED) is 0.321. The van der Waals surface area contributed by atoms with Gasteiger partial charge in [-0.1, -0.05) is 59.6 Å². The lowest BCUT2D eigenvalue weighted by atomic mass is 10.00. The third-order valence-electron chi connectivity index (χ3n) is 5.99. The highest BCUT2D eigenvalue weighted by molar-refractivity contribution is 6.40. The van der Waals surface area contributed by atoms with E-state index in [-0.39, 0.29) is 49.1 Å². The number of carboxylic acid groups (broad SMARTS) is 1. The van der Waals surface area contributed by atoms with E-state index in [2.05, 4.69) is 10.3 Å². The topological polar surface area (TPSA) is 123 Å². The zero-order chi connectivity index (χ0) is 26.4. The zero-order valence-electron chi connectivity index (χ0n) is 19.8. The van der Waals surface area contributed by atoms with E-state index < -0.39 is 12.3 Å². The maximum atomic E-state index is 12.2. The van der Waals surface area contributed by atoms with Crippen LogP contribution in [0, 0.1) is 0 Å². The summed E-state index contributed by atoms with van der Waals surface area (Å²) in [6, 6.07) is 14.7. The molecule has 1 fully saturated rings. The fourth-order valence-electron chi connectivity index (χ4n) is 4.11. The summed E-state index contributed by atoms with van der Waals surface area (Å²) in [5.41, 5.74) is 3.00. The minimum atomic E-state index is -0.934. The number of carbonyl (C=O) groups excluding carboxylic acids is 1. The summed E-state index contributed by atoms with van der Waals surface area (Å²) < 4.78 is 14.4. The molecule has 196 valence electrons. The van der Waals surface area contributed by atoms with Gasteiger partial charge in [0.25, 0.3) is 0 Å². The SMILES string of the molecule is O=C(O)CCCC(=O)Nc1cccc([C@H]2O[C@@H](Cn3cnc(Cl)c3Cl)C[C@@H](c3ccc(CO)cc3)O2)c1. The van der Waals surface area contributed by atoms with Gasteiger partial charge in [-0.2, -0.15) is 0 Å². The molecule has 0 spiro atoms. The average Bonchev–Trinajstić information content (AvgIpc) is 3.20. The van der Waals surface area contributed by atoms with Crippen molar-refractivity contribution in [1.82, 2.24) is 9.55 Å². The largest absolute Gasteiger partial charge is 0.481 e. The number of aliphatic hydroxyl groups excluding tert-OH is 1. The van der Waals surface area contributed by atoms with Crippen molar-refractivity contribution in [3.63, 3.8) is 0 Å². The van der Waals surface area contributed by atoms with Crippen molar-refractivity contribution in [2.75, 3.05) is 5.32 Å². The van der Waals surface area contributed by atoms with Crippen LogP contribution in [0.4, 0.5) is 5.69 Å². The van der Waals surface area contributed by atoms with Crippen LogP contribution < -0.4 is 5.32 Å². The Kier molecular flexibility index (Phi) is 9.18. The molecule has 0 bridgehead atoms. The number of carboxylic acids is 1. The molecule has 0 unspecified atom stereocenters. The third-order valence-corrected chi connectivity index (χ3v) is 6.75. The highest BCUT2D eigenvalue weighted by atomic mass is 35.5. The molecule has 1 amide bonds. The van der Waals surface area contributed by atoms with Crippen LogP contribution in [-0.4, -0.2) is 37.7 Å². The molecule has 1 aliphatic heterocycles. The standard InChI is InChI=1S/C26H27Cl2N3O6/c27-24-25(28)31(15-29-24)13-20-12-21(17-9-7-16(14-32)8-10-17)37-26(36-20)18-3-1-4-19(11-18)30-22(33)5-2-6-23(34)35/h1,3-4,7-11,15,20-21,26,32H,2,5-6,12-14H2,(H,30,33)(H,34,35)/t20-,21+,26+/m1/s1. The number of amides is 1. The number of imidazole rings is 1. The highest BCUT2D eigenvalue weighted by Gasteiger charge is 2.33. The molecule has 3 aromatic rings. The Bertz CT molecular complexity index is 1230. The minimum absolute atomic E-state index is 0.0468. The first kappa shape index (κ1) is 27.1. The molecule has 9 nitrogen and oxygen atoms in total. The number of nitrogens with one attached hydrogen (secondary N) is 1. The maximum Gasteiger partial charge on any atom is 0.303 e. The number of hydrogen-bond acceptors (Lipinski definition) is 6. The van der Waals surface area contributed by atoms with Crippen molar-refractivity contribution >= 4 is 40.8 Å². The summed E-state index contributed by atoms with van der Waals surface area (Å²) in [6.45, 7) is 0.360. The van der Waals surface area contributed by atoms with E-state index in [4.69, 9.17) is 37.8 Å². The first-order chi connectivity index (χ1) is 17.8. The molecule has 2 heterocycles.